The summed E-state index contributed by atoms with van der Waals surface area (Å²) in [6.07, 6.45) is 1.19. The maximum absolute atomic E-state index is 12.8. The molecule has 1 aliphatic rings. The number of rotatable bonds is 8. The minimum absolute atomic E-state index is 0.0656. The van der Waals surface area contributed by atoms with Crippen molar-refractivity contribution < 1.29 is 13.2 Å². The molecule has 1 aromatic carbocycles. The molecule has 32 heavy (non-hydrogen) atoms. The standard InChI is InChI=1S/C22H29ClN4O3S2/c1-16(2)22-24-17(3)15-20(25-22)31-14-4-5-21(28)26-10-12-27(13-11-26)32(29,30)19-8-6-18(23)7-9-19/h6-9,15-16H,4-5,10-14H2,1-3H3. The highest BCUT2D eigenvalue weighted by molar-refractivity contribution is 7.99. The van der Waals surface area contributed by atoms with E-state index in [1.165, 1.54) is 16.4 Å². The Balaban J connectivity index is 1.44. The van der Waals surface area contributed by atoms with Crippen molar-refractivity contribution in [3.8, 4) is 0 Å². The Bertz CT molecular complexity index is 1040. The van der Waals surface area contributed by atoms with Crippen molar-refractivity contribution >= 4 is 39.3 Å². The van der Waals surface area contributed by atoms with E-state index in [1.54, 1.807) is 28.8 Å². The van der Waals surface area contributed by atoms with Gasteiger partial charge in [0.1, 0.15) is 5.82 Å². The lowest BCUT2D eigenvalue weighted by molar-refractivity contribution is -0.132. The fraction of sp³-hybridized carbons (Fsp3) is 0.500. The van der Waals surface area contributed by atoms with Crippen LogP contribution >= 0.6 is 23.4 Å². The summed E-state index contributed by atoms with van der Waals surface area (Å²) in [6.45, 7) is 7.51. The van der Waals surface area contributed by atoms with E-state index >= 15 is 0 Å². The summed E-state index contributed by atoms with van der Waals surface area (Å²) in [5, 5.41) is 1.43. The molecule has 0 N–H and O–H groups in total. The number of carbonyl (C=O) groups is 1. The summed E-state index contributed by atoms with van der Waals surface area (Å²) in [4.78, 5) is 23.6. The van der Waals surface area contributed by atoms with Crippen LogP contribution in [0.2, 0.25) is 5.02 Å². The van der Waals surface area contributed by atoms with Crippen molar-refractivity contribution in [2.24, 2.45) is 0 Å². The number of thioether (sulfide) groups is 1. The summed E-state index contributed by atoms with van der Waals surface area (Å²) >= 11 is 7.49. The molecule has 0 atom stereocenters. The molecule has 0 unspecified atom stereocenters. The maximum atomic E-state index is 12.8. The van der Waals surface area contributed by atoms with Gasteiger partial charge in [-0.2, -0.15) is 4.31 Å². The number of sulfonamides is 1. The number of aromatic nitrogens is 2. The number of piperazine rings is 1. The molecule has 2 aromatic rings. The number of nitrogens with zero attached hydrogens (tertiary/aromatic N) is 4. The maximum Gasteiger partial charge on any atom is 0.243 e. The van der Waals surface area contributed by atoms with Crippen LogP contribution in [-0.2, 0) is 14.8 Å². The Kier molecular flexibility index (Phi) is 8.55. The summed E-state index contributed by atoms with van der Waals surface area (Å²) in [5.74, 6) is 1.98. The van der Waals surface area contributed by atoms with Gasteiger partial charge >= 0.3 is 0 Å². The second-order valence-corrected chi connectivity index (χ2v) is 11.5. The summed E-state index contributed by atoms with van der Waals surface area (Å²) in [5.41, 5.74) is 0.952. The van der Waals surface area contributed by atoms with Crippen molar-refractivity contribution in [2.75, 3.05) is 31.9 Å². The van der Waals surface area contributed by atoms with Crippen molar-refractivity contribution in [2.45, 2.75) is 49.5 Å². The van der Waals surface area contributed by atoms with E-state index in [9.17, 15) is 13.2 Å². The van der Waals surface area contributed by atoms with Crippen LogP contribution in [0.15, 0.2) is 40.3 Å². The van der Waals surface area contributed by atoms with Gasteiger partial charge in [-0.1, -0.05) is 25.4 Å². The highest BCUT2D eigenvalue weighted by atomic mass is 35.5. The minimum atomic E-state index is -3.57. The Hall–Kier alpha value is -1.68. The van der Waals surface area contributed by atoms with Gasteiger partial charge in [-0.25, -0.2) is 18.4 Å². The Labute approximate surface area is 199 Å². The van der Waals surface area contributed by atoms with Crippen LogP contribution in [0, 0.1) is 6.92 Å². The highest BCUT2D eigenvalue weighted by Crippen LogP contribution is 2.22. The SMILES string of the molecule is Cc1cc(SCCCC(=O)N2CCN(S(=O)(=O)c3ccc(Cl)cc3)CC2)nc(C(C)C)n1. The zero-order valence-electron chi connectivity index (χ0n) is 18.6. The third-order valence-corrected chi connectivity index (χ3v) is 8.35. The van der Waals surface area contributed by atoms with Gasteiger partial charge in [-0.05, 0) is 49.4 Å². The van der Waals surface area contributed by atoms with E-state index in [0.29, 0.717) is 37.6 Å². The predicted molar refractivity (Wildman–Crippen MR) is 128 cm³/mol. The fourth-order valence-electron chi connectivity index (χ4n) is 3.39. The summed E-state index contributed by atoms with van der Waals surface area (Å²) in [6, 6.07) is 8.13. The molecule has 10 heteroatoms. The molecular weight excluding hydrogens is 468 g/mol. The second kappa shape index (κ2) is 11.0. The van der Waals surface area contributed by atoms with Gasteiger partial charge in [0.15, 0.2) is 0 Å². The fourth-order valence-corrected chi connectivity index (χ4v) is 5.84. The van der Waals surface area contributed by atoms with E-state index in [0.717, 1.165) is 28.7 Å². The van der Waals surface area contributed by atoms with Crippen LogP contribution in [0.4, 0.5) is 0 Å². The highest BCUT2D eigenvalue weighted by Gasteiger charge is 2.29. The van der Waals surface area contributed by atoms with Crippen molar-refractivity contribution in [3.05, 3.63) is 46.9 Å². The van der Waals surface area contributed by atoms with Crippen LogP contribution in [0.1, 0.15) is 44.1 Å². The van der Waals surface area contributed by atoms with E-state index in [4.69, 9.17) is 11.6 Å². The number of hydrogen-bond donors (Lipinski definition) is 0. The van der Waals surface area contributed by atoms with Crippen LogP contribution in [-0.4, -0.2) is 65.4 Å². The van der Waals surface area contributed by atoms with Crippen LogP contribution in [0.25, 0.3) is 0 Å². The molecule has 1 aromatic heterocycles. The molecule has 3 rings (SSSR count). The number of amides is 1. The quantitative estimate of drug-likeness (QED) is 0.312. The van der Waals surface area contributed by atoms with E-state index < -0.39 is 10.0 Å². The van der Waals surface area contributed by atoms with Crippen molar-refractivity contribution in [1.29, 1.82) is 0 Å². The number of benzene rings is 1. The molecule has 1 aliphatic heterocycles. The third kappa shape index (κ3) is 6.43. The van der Waals surface area contributed by atoms with E-state index in [1.807, 2.05) is 13.0 Å². The van der Waals surface area contributed by atoms with Crippen molar-refractivity contribution in [1.82, 2.24) is 19.2 Å². The third-order valence-electron chi connectivity index (χ3n) is 5.19. The molecule has 0 aliphatic carbocycles. The first-order valence-electron chi connectivity index (χ1n) is 10.7. The average Bonchev–Trinajstić information content (AvgIpc) is 2.76. The number of halogens is 1. The molecule has 1 saturated heterocycles. The zero-order valence-corrected chi connectivity index (χ0v) is 21.0. The number of aryl methyl sites for hydroxylation is 1. The first-order chi connectivity index (χ1) is 15.2. The molecule has 0 bridgehead atoms. The first kappa shape index (κ1) is 25.0. The number of hydrogen-bond acceptors (Lipinski definition) is 6. The summed E-state index contributed by atoms with van der Waals surface area (Å²) < 4.78 is 27.0. The zero-order chi connectivity index (χ0) is 23.3. The molecule has 0 saturated carbocycles. The monoisotopic (exact) mass is 496 g/mol. The Morgan fingerprint density at radius 2 is 1.78 bits per heavy atom. The van der Waals surface area contributed by atoms with Crippen molar-refractivity contribution in [3.63, 3.8) is 0 Å². The van der Waals surface area contributed by atoms with Gasteiger partial charge in [0.25, 0.3) is 0 Å². The molecule has 174 valence electrons. The predicted octanol–water partition coefficient (Wildman–Crippen LogP) is 3.97. The normalized spacial score (nSPS) is 15.3. The molecule has 2 heterocycles. The van der Waals surface area contributed by atoms with Gasteiger partial charge in [-0.15, -0.1) is 11.8 Å². The molecule has 0 radical (unpaired) electrons. The first-order valence-corrected chi connectivity index (χ1v) is 13.5. The summed E-state index contributed by atoms with van der Waals surface area (Å²) in [7, 11) is -3.57. The lowest BCUT2D eigenvalue weighted by atomic mass is 10.2. The molecule has 7 nitrogen and oxygen atoms in total. The van der Waals surface area contributed by atoms with Crippen LogP contribution < -0.4 is 0 Å². The number of carbonyl (C=O) groups excluding carboxylic acids is 1. The van der Waals surface area contributed by atoms with Gasteiger partial charge in [0.2, 0.25) is 15.9 Å². The van der Waals surface area contributed by atoms with Gasteiger partial charge in [-0.3, -0.25) is 4.79 Å². The lowest BCUT2D eigenvalue weighted by Crippen LogP contribution is -2.50. The largest absolute Gasteiger partial charge is 0.340 e. The van der Waals surface area contributed by atoms with Gasteiger partial charge in [0.05, 0.1) is 9.92 Å². The van der Waals surface area contributed by atoms with E-state index in [2.05, 4.69) is 23.8 Å². The lowest BCUT2D eigenvalue weighted by Gasteiger charge is -2.34. The van der Waals surface area contributed by atoms with Gasteiger partial charge in [0, 0.05) is 49.2 Å². The van der Waals surface area contributed by atoms with Crippen LogP contribution in [0.3, 0.4) is 0 Å². The Morgan fingerprint density at radius 3 is 2.41 bits per heavy atom. The molecule has 0 spiro atoms. The smallest absolute Gasteiger partial charge is 0.243 e. The second-order valence-electron chi connectivity index (χ2n) is 8.05. The Morgan fingerprint density at radius 1 is 1.12 bits per heavy atom. The van der Waals surface area contributed by atoms with E-state index in [-0.39, 0.29) is 16.7 Å². The van der Waals surface area contributed by atoms with Gasteiger partial charge < -0.3 is 4.90 Å². The van der Waals surface area contributed by atoms with Crippen LogP contribution in [0.5, 0.6) is 0 Å². The molecular formula is C22H29ClN4O3S2. The minimum Gasteiger partial charge on any atom is -0.340 e. The molecule has 1 amide bonds. The average molecular weight is 497 g/mol. The molecule has 1 fully saturated rings. The topological polar surface area (TPSA) is 83.5 Å².